The third kappa shape index (κ3) is 1.59. The molecule has 0 unspecified atom stereocenters. The normalized spacial score (nSPS) is 21.8. The number of hydrogen-bond acceptors (Lipinski definition) is 4. The maximum absolute atomic E-state index is 11.7. The van der Waals surface area contributed by atoms with Crippen LogP contribution in [0.15, 0.2) is 6.20 Å². The van der Waals surface area contributed by atoms with E-state index in [1.165, 1.54) is 0 Å². The largest absolute Gasteiger partial charge is 0.370 e. The molecule has 0 aromatic carbocycles. The molecule has 2 aliphatic carbocycles. The van der Waals surface area contributed by atoms with Crippen molar-refractivity contribution >= 4 is 5.78 Å². The number of nitrogens with zero attached hydrogens (tertiary/aromatic N) is 2. The molecule has 1 aromatic heterocycles. The molecular weight excluding hydrogens is 216 g/mol. The number of carbonyl (C=O) groups is 1. The lowest BCUT2D eigenvalue weighted by molar-refractivity contribution is -0.0848. The molecule has 0 radical (unpaired) electrons. The van der Waals surface area contributed by atoms with E-state index in [1.807, 2.05) is 0 Å². The van der Waals surface area contributed by atoms with E-state index in [9.17, 15) is 4.79 Å². The molecule has 17 heavy (non-hydrogen) atoms. The maximum Gasteiger partial charge on any atom is 0.166 e. The van der Waals surface area contributed by atoms with Crippen molar-refractivity contribution in [2.45, 2.75) is 44.1 Å². The second-order valence-corrected chi connectivity index (χ2v) is 4.88. The van der Waals surface area contributed by atoms with E-state index in [2.05, 4.69) is 9.97 Å². The van der Waals surface area contributed by atoms with Gasteiger partial charge in [-0.15, -0.1) is 0 Å². The summed E-state index contributed by atoms with van der Waals surface area (Å²) in [4.78, 5) is 20.6. The third-order valence-corrected chi connectivity index (χ3v) is 3.95. The summed E-state index contributed by atoms with van der Waals surface area (Å²) in [6, 6.07) is 0. The van der Waals surface area contributed by atoms with Crippen molar-refractivity contribution in [1.82, 2.24) is 9.97 Å². The predicted molar refractivity (Wildman–Crippen MR) is 61.8 cm³/mol. The minimum atomic E-state index is -0.282. The van der Waals surface area contributed by atoms with Crippen LogP contribution in [0.4, 0.5) is 0 Å². The number of Topliss-reactive ketones (excluding diaryl/α,β-unsaturated/α-hetero) is 1. The molecule has 1 aromatic rings. The standard InChI is InChI=1S/C13H16N2O2/c1-17-13(6-3-7-13)12-14-8-9-10(15-12)4-2-5-11(9)16/h8H,2-7H2,1H3. The van der Waals surface area contributed by atoms with E-state index in [1.54, 1.807) is 13.3 Å². The van der Waals surface area contributed by atoms with Gasteiger partial charge < -0.3 is 4.74 Å². The number of ether oxygens (including phenoxy) is 1. The first kappa shape index (κ1) is 10.8. The quantitative estimate of drug-likeness (QED) is 0.782. The van der Waals surface area contributed by atoms with Crippen molar-refractivity contribution in [3.63, 3.8) is 0 Å². The molecular formula is C13H16N2O2. The average Bonchev–Trinajstić information content (AvgIpc) is 2.28. The Hall–Kier alpha value is -1.29. The van der Waals surface area contributed by atoms with Crippen LogP contribution < -0.4 is 0 Å². The van der Waals surface area contributed by atoms with Gasteiger partial charge in [-0.1, -0.05) is 0 Å². The SMILES string of the molecule is COC1(c2ncc3c(n2)CCCC3=O)CCC1. The van der Waals surface area contributed by atoms with Gasteiger partial charge in [0, 0.05) is 19.7 Å². The van der Waals surface area contributed by atoms with Crippen LogP contribution in [0.5, 0.6) is 0 Å². The monoisotopic (exact) mass is 232 g/mol. The third-order valence-electron chi connectivity index (χ3n) is 3.95. The zero-order chi connectivity index (χ0) is 11.9. The van der Waals surface area contributed by atoms with Crippen molar-refractivity contribution < 1.29 is 9.53 Å². The minimum Gasteiger partial charge on any atom is -0.370 e. The van der Waals surface area contributed by atoms with E-state index in [0.29, 0.717) is 12.0 Å². The summed E-state index contributed by atoms with van der Waals surface area (Å²) < 4.78 is 5.57. The van der Waals surface area contributed by atoms with Gasteiger partial charge in [0.1, 0.15) is 5.60 Å². The lowest BCUT2D eigenvalue weighted by atomic mass is 9.79. The number of aryl methyl sites for hydroxylation is 1. The molecule has 0 aliphatic heterocycles. The summed E-state index contributed by atoms with van der Waals surface area (Å²) >= 11 is 0. The summed E-state index contributed by atoms with van der Waals surface area (Å²) in [6.07, 6.45) is 7.24. The molecule has 1 saturated carbocycles. The molecule has 0 amide bonds. The van der Waals surface area contributed by atoms with E-state index in [4.69, 9.17) is 4.74 Å². The van der Waals surface area contributed by atoms with Gasteiger partial charge in [-0.25, -0.2) is 9.97 Å². The summed E-state index contributed by atoms with van der Waals surface area (Å²) in [5.74, 6) is 0.942. The lowest BCUT2D eigenvalue weighted by Gasteiger charge is -2.39. The number of ketones is 1. The topological polar surface area (TPSA) is 52.1 Å². The van der Waals surface area contributed by atoms with Gasteiger partial charge in [-0.3, -0.25) is 4.79 Å². The van der Waals surface area contributed by atoms with Crippen molar-refractivity contribution in [1.29, 1.82) is 0 Å². The van der Waals surface area contributed by atoms with Gasteiger partial charge in [0.2, 0.25) is 0 Å². The van der Waals surface area contributed by atoms with Crippen LogP contribution in [0.25, 0.3) is 0 Å². The number of rotatable bonds is 2. The fourth-order valence-electron chi connectivity index (χ4n) is 2.63. The molecule has 2 aliphatic rings. The van der Waals surface area contributed by atoms with Crippen LogP contribution in [0, 0.1) is 0 Å². The first-order chi connectivity index (χ1) is 8.25. The van der Waals surface area contributed by atoms with Gasteiger partial charge in [0.05, 0.1) is 11.3 Å². The molecule has 1 heterocycles. The van der Waals surface area contributed by atoms with Gasteiger partial charge in [0.15, 0.2) is 11.6 Å². The van der Waals surface area contributed by atoms with Crippen molar-refractivity contribution in [3.8, 4) is 0 Å². The summed E-state index contributed by atoms with van der Waals surface area (Å²) in [7, 11) is 1.72. The van der Waals surface area contributed by atoms with E-state index >= 15 is 0 Å². The van der Waals surface area contributed by atoms with Gasteiger partial charge >= 0.3 is 0 Å². The molecule has 0 N–H and O–H groups in total. The Morgan fingerprint density at radius 2 is 2.12 bits per heavy atom. The predicted octanol–water partition coefficient (Wildman–Crippen LogP) is 2.02. The van der Waals surface area contributed by atoms with Crippen LogP contribution in [0.2, 0.25) is 0 Å². The van der Waals surface area contributed by atoms with Crippen molar-refractivity contribution in [2.75, 3.05) is 7.11 Å². The van der Waals surface area contributed by atoms with Crippen LogP contribution in [-0.4, -0.2) is 22.9 Å². The number of carbonyl (C=O) groups excluding carboxylic acids is 1. The molecule has 1 fully saturated rings. The number of fused-ring (bicyclic) bond motifs is 1. The molecule has 4 heteroatoms. The molecule has 0 bridgehead atoms. The zero-order valence-electron chi connectivity index (χ0n) is 10.0. The van der Waals surface area contributed by atoms with E-state index in [0.717, 1.165) is 43.6 Å². The highest BCUT2D eigenvalue weighted by molar-refractivity contribution is 5.97. The Balaban J connectivity index is 2.00. The highest BCUT2D eigenvalue weighted by Gasteiger charge is 2.42. The summed E-state index contributed by atoms with van der Waals surface area (Å²) in [6.45, 7) is 0. The fraction of sp³-hybridized carbons (Fsp3) is 0.615. The second-order valence-electron chi connectivity index (χ2n) is 4.88. The highest BCUT2D eigenvalue weighted by Crippen LogP contribution is 2.42. The van der Waals surface area contributed by atoms with E-state index < -0.39 is 0 Å². The van der Waals surface area contributed by atoms with Gasteiger partial charge in [0.25, 0.3) is 0 Å². The first-order valence-corrected chi connectivity index (χ1v) is 6.20. The Bertz CT molecular complexity index is 461. The molecule has 0 spiro atoms. The molecule has 3 rings (SSSR count). The van der Waals surface area contributed by atoms with Crippen LogP contribution in [0.3, 0.4) is 0 Å². The Labute approximate surface area is 100 Å². The van der Waals surface area contributed by atoms with Gasteiger partial charge in [-0.05, 0) is 32.1 Å². The maximum atomic E-state index is 11.7. The Kier molecular flexibility index (Phi) is 2.47. The van der Waals surface area contributed by atoms with Crippen molar-refractivity contribution in [3.05, 3.63) is 23.3 Å². The average molecular weight is 232 g/mol. The zero-order valence-corrected chi connectivity index (χ0v) is 10.0. The van der Waals surface area contributed by atoms with Crippen LogP contribution in [0.1, 0.15) is 54.0 Å². The fourth-order valence-corrected chi connectivity index (χ4v) is 2.63. The summed E-state index contributed by atoms with van der Waals surface area (Å²) in [5.41, 5.74) is 1.34. The summed E-state index contributed by atoms with van der Waals surface area (Å²) in [5, 5.41) is 0. The second kappa shape index (κ2) is 3.88. The Morgan fingerprint density at radius 1 is 1.29 bits per heavy atom. The highest BCUT2D eigenvalue weighted by atomic mass is 16.5. The number of methoxy groups -OCH3 is 1. The smallest absolute Gasteiger partial charge is 0.166 e. The Morgan fingerprint density at radius 3 is 2.76 bits per heavy atom. The molecule has 0 saturated heterocycles. The van der Waals surface area contributed by atoms with Gasteiger partial charge in [-0.2, -0.15) is 0 Å². The van der Waals surface area contributed by atoms with Crippen LogP contribution in [-0.2, 0) is 16.8 Å². The van der Waals surface area contributed by atoms with Crippen molar-refractivity contribution in [2.24, 2.45) is 0 Å². The molecule has 4 nitrogen and oxygen atoms in total. The lowest BCUT2D eigenvalue weighted by Crippen LogP contribution is -2.38. The molecule has 0 atom stereocenters. The molecule has 90 valence electrons. The minimum absolute atomic E-state index is 0.179. The van der Waals surface area contributed by atoms with E-state index in [-0.39, 0.29) is 11.4 Å². The number of hydrogen-bond donors (Lipinski definition) is 0. The number of aromatic nitrogens is 2. The first-order valence-electron chi connectivity index (χ1n) is 6.20. The van der Waals surface area contributed by atoms with Crippen LogP contribution >= 0.6 is 0 Å².